The number of para-hydroxylation sites is 1. The minimum atomic E-state index is -0.412. The highest BCUT2D eigenvalue weighted by Gasteiger charge is 2.41. The number of anilines is 1. The smallest absolute Gasteiger partial charge is 0.256 e. The fourth-order valence-corrected chi connectivity index (χ4v) is 5.15. The number of benzene rings is 3. The summed E-state index contributed by atoms with van der Waals surface area (Å²) in [4.78, 5) is 43.8. The minimum absolute atomic E-state index is 0.0462. The van der Waals surface area contributed by atoms with Crippen molar-refractivity contribution in [1.82, 2.24) is 10.2 Å². The second-order valence-corrected chi connectivity index (χ2v) is 9.71. The van der Waals surface area contributed by atoms with Gasteiger partial charge in [0.1, 0.15) is 6.04 Å². The molecule has 0 aromatic heterocycles. The van der Waals surface area contributed by atoms with Crippen molar-refractivity contribution in [3.05, 3.63) is 95.1 Å². The van der Waals surface area contributed by atoms with Gasteiger partial charge in [0.2, 0.25) is 5.91 Å². The number of nitrogens with zero attached hydrogens (tertiary/aromatic N) is 2. The molecule has 3 aromatic carbocycles. The van der Waals surface area contributed by atoms with Crippen LogP contribution in [-0.2, 0) is 17.9 Å². The highest BCUT2D eigenvalue weighted by molar-refractivity contribution is 7.98. The number of nitrogens with one attached hydrogen (secondary N) is 1. The Balaban J connectivity index is 1.30. The first-order valence-electron chi connectivity index (χ1n) is 11.8. The van der Waals surface area contributed by atoms with E-state index in [4.69, 9.17) is 0 Å². The number of hydrogen-bond acceptors (Lipinski definition) is 4. The van der Waals surface area contributed by atoms with Crippen molar-refractivity contribution in [2.45, 2.75) is 36.9 Å². The van der Waals surface area contributed by atoms with E-state index < -0.39 is 6.04 Å². The lowest BCUT2D eigenvalue weighted by atomic mass is 10.1. The lowest BCUT2D eigenvalue weighted by molar-refractivity contribution is -0.122. The van der Waals surface area contributed by atoms with E-state index in [0.717, 1.165) is 17.5 Å². The molecule has 178 valence electrons. The Morgan fingerprint density at radius 1 is 0.971 bits per heavy atom. The van der Waals surface area contributed by atoms with Gasteiger partial charge in [-0.3, -0.25) is 14.4 Å². The van der Waals surface area contributed by atoms with Crippen LogP contribution in [0, 0.1) is 0 Å². The van der Waals surface area contributed by atoms with Crippen LogP contribution in [0.2, 0.25) is 0 Å². The molecule has 2 aliphatic heterocycles. The van der Waals surface area contributed by atoms with Gasteiger partial charge in [0.25, 0.3) is 11.8 Å². The molecule has 0 bridgehead atoms. The molecule has 0 saturated carbocycles. The normalized spacial score (nSPS) is 17.1. The molecule has 7 heteroatoms. The zero-order chi connectivity index (χ0) is 24.4. The van der Waals surface area contributed by atoms with Gasteiger partial charge in [-0.25, -0.2) is 0 Å². The van der Waals surface area contributed by atoms with E-state index in [9.17, 15) is 14.4 Å². The summed E-state index contributed by atoms with van der Waals surface area (Å²) in [7, 11) is 0. The molecule has 1 atom stereocenters. The van der Waals surface area contributed by atoms with Crippen LogP contribution in [0.25, 0.3) is 0 Å². The zero-order valence-corrected chi connectivity index (χ0v) is 20.4. The lowest BCUT2D eigenvalue weighted by Gasteiger charge is -2.26. The molecule has 0 aliphatic carbocycles. The maximum Gasteiger partial charge on any atom is 0.256 e. The van der Waals surface area contributed by atoms with E-state index in [1.54, 1.807) is 39.8 Å². The molecule has 0 unspecified atom stereocenters. The molecule has 2 heterocycles. The van der Waals surface area contributed by atoms with Crippen LogP contribution in [0.3, 0.4) is 0 Å². The molecule has 0 spiro atoms. The van der Waals surface area contributed by atoms with Gasteiger partial charge >= 0.3 is 0 Å². The van der Waals surface area contributed by atoms with Crippen LogP contribution in [-0.4, -0.2) is 41.5 Å². The van der Waals surface area contributed by atoms with Crippen LogP contribution in [0.1, 0.15) is 44.7 Å². The second kappa shape index (κ2) is 9.96. The van der Waals surface area contributed by atoms with Crippen molar-refractivity contribution in [2.24, 2.45) is 0 Å². The maximum absolute atomic E-state index is 13.4. The molecule has 1 N–H and O–H groups in total. The van der Waals surface area contributed by atoms with Gasteiger partial charge in [-0.05, 0) is 66.6 Å². The van der Waals surface area contributed by atoms with Crippen LogP contribution in [0.4, 0.5) is 5.69 Å². The van der Waals surface area contributed by atoms with Gasteiger partial charge < -0.3 is 15.1 Å². The Kier molecular flexibility index (Phi) is 6.59. The number of rotatable bonds is 6. The Labute approximate surface area is 209 Å². The summed E-state index contributed by atoms with van der Waals surface area (Å²) in [6.07, 6.45) is 3.56. The summed E-state index contributed by atoms with van der Waals surface area (Å²) in [6.45, 7) is 1.42. The quantitative estimate of drug-likeness (QED) is 0.523. The summed E-state index contributed by atoms with van der Waals surface area (Å²) in [5.74, 6) is -0.266. The zero-order valence-electron chi connectivity index (χ0n) is 19.6. The Hall–Kier alpha value is -3.58. The van der Waals surface area contributed by atoms with Gasteiger partial charge in [0, 0.05) is 23.5 Å². The van der Waals surface area contributed by atoms with Gasteiger partial charge in [-0.15, -0.1) is 11.8 Å². The SMILES string of the molecule is CSc1ccc(CNC(=O)c2ccc(CN3C(=O)[C@@H]4CCCN4C(=O)c4ccccc43)cc2)cc1. The maximum atomic E-state index is 13.4. The fraction of sp³-hybridized carbons (Fsp3) is 0.250. The summed E-state index contributed by atoms with van der Waals surface area (Å²) in [5.41, 5.74) is 3.71. The van der Waals surface area contributed by atoms with Crippen LogP contribution < -0.4 is 10.2 Å². The van der Waals surface area contributed by atoms with Gasteiger partial charge in [0.15, 0.2) is 0 Å². The molecule has 1 fully saturated rings. The first kappa shape index (κ1) is 23.2. The van der Waals surface area contributed by atoms with Crippen molar-refractivity contribution >= 4 is 35.2 Å². The van der Waals surface area contributed by atoms with Crippen LogP contribution >= 0.6 is 11.8 Å². The topological polar surface area (TPSA) is 69.7 Å². The first-order valence-corrected chi connectivity index (χ1v) is 13.0. The van der Waals surface area contributed by atoms with E-state index in [1.165, 1.54) is 4.90 Å². The van der Waals surface area contributed by atoms with Crippen molar-refractivity contribution in [3.63, 3.8) is 0 Å². The molecule has 3 amide bonds. The molecular weight excluding hydrogens is 458 g/mol. The summed E-state index contributed by atoms with van der Waals surface area (Å²) < 4.78 is 0. The van der Waals surface area contributed by atoms with Crippen molar-refractivity contribution in [2.75, 3.05) is 17.7 Å². The third-order valence-corrected chi connectivity index (χ3v) is 7.40. The molecule has 5 rings (SSSR count). The van der Waals surface area contributed by atoms with E-state index in [-0.39, 0.29) is 17.7 Å². The Morgan fingerprint density at radius 2 is 1.69 bits per heavy atom. The van der Waals surface area contributed by atoms with Gasteiger partial charge in [0.05, 0.1) is 17.8 Å². The number of carbonyl (C=O) groups is 3. The van der Waals surface area contributed by atoms with Crippen molar-refractivity contribution in [1.29, 1.82) is 0 Å². The lowest BCUT2D eigenvalue weighted by Crippen LogP contribution is -2.44. The standard InChI is InChI=1S/C28H27N3O3S/c1-35-22-14-10-19(11-15-22)17-29-26(32)21-12-8-20(9-13-21)18-31-24-6-3-2-5-23(24)27(33)30-16-4-7-25(30)28(31)34/h2-3,5-6,8-15,25H,4,7,16-18H2,1H3,(H,29,32)/t25-/m0/s1. The Bertz CT molecular complexity index is 1260. The first-order chi connectivity index (χ1) is 17.0. The highest BCUT2D eigenvalue weighted by Crippen LogP contribution is 2.33. The molecule has 2 aliphatic rings. The van der Waals surface area contributed by atoms with Crippen molar-refractivity contribution < 1.29 is 14.4 Å². The van der Waals surface area contributed by atoms with E-state index in [0.29, 0.717) is 42.9 Å². The monoisotopic (exact) mass is 485 g/mol. The van der Waals surface area contributed by atoms with Gasteiger partial charge in [-0.2, -0.15) is 0 Å². The average Bonchev–Trinajstić information content (AvgIpc) is 3.38. The minimum Gasteiger partial charge on any atom is -0.348 e. The summed E-state index contributed by atoms with van der Waals surface area (Å²) in [6, 6.07) is 22.3. The van der Waals surface area contributed by atoms with Crippen LogP contribution in [0.5, 0.6) is 0 Å². The number of fused-ring (bicyclic) bond motifs is 2. The van der Waals surface area contributed by atoms with Crippen LogP contribution in [0.15, 0.2) is 77.7 Å². The molecule has 35 heavy (non-hydrogen) atoms. The predicted octanol–water partition coefficient (Wildman–Crippen LogP) is 4.49. The summed E-state index contributed by atoms with van der Waals surface area (Å²) in [5, 5.41) is 2.96. The highest BCUT2D eigenvalue weighted by atomic mass is 32.2. The third-order valence-electron chi connectivity index (χ3n) is 6.66. The Morgan fingerprint density at radius 3 is 2.43 bits per heavy atom. The van der Waals surface area contributed by atoms with E-state index in [2.05, 4.69) is 5.32 Å². The fourth-order valence-electron chi connectivity index (χ4n) is 4.74. The average molecular weight is 486 g/mol. The van der Waals surface area contributed by atoms with E-state index in [1.807, 2.05) is 60.9 Å². The number of amides is 3. The number of carbonyl (C=O) groups excluding carboxylic acids is 3. The molecule has 0 radical (unpaired) electrons. The number of hydrogen-bond donors (Lipinski definition) is 1. The largest absolute Gasteiger partial charge is 0.348 e. The molecule has 6 nitrogen and oxygen atoms in total. The number of thioether (sulfide) groups is 1. The molecular formula is C28H27N3O3S. The molecule has 1 saturated heterocycles. The van der Waals surface area contributed by atoms with Gasteiger partial charge in [-0.1, -0.05) is 36.4 Å². The third kappa shape index (κ3) is 4.68. The molecule has 3 aromatic rings. The second-order valence-electron chi connectivity index (χ2n) is 8.83. The van der Waals surface area contributed by atoms with Crippen molar-refractivity contribution in [3.8, 4) is 0 Å². The predicted molar refractivity (Wildman–Crippen MR) is 138 cm³/mol. The van der Waals surface area contributed by atoms with E-state index >= 15 is 0 Å². The summed E-state index contributed by atoms with van der Waals surface area (Å²) >= 11 is 1.68.